The van der Waals surface area contributed by atoms with Gasteiger partial charge in [0, 0.05) is 10.8 Å². The van der Waals surface area contributed by atoms with Gasteiger partial charge in [-0.25, -0.2) is 0 Å². The molecule has 0 amide bonds. The lowest BCUT2D eigenvalue weighted by Gasteiger charge is -2.31. The summed E-state index contributed by atoms with van der Waals surface area (Å²) in [5.74, 6) is 0. The fraction of sp³-hybridized carbons (Fsp3) is 0.667. The second kappa shape index (κ2) is 2.98. The van der Waals surface area contributed by atoms with Gasteiger partial charge < -0.3 is 4.79 Å². The van der Waals surface area contributed by atoms with Crippen LogP contribution in [0.15, 0.2) is 11.6 Å². The van der Waals surface area contributed by atoms with Gasteiger partial charge in [-0.1, -0.05) is 18.6 Å². The zero-order valence-corrected chi connectivity index (χ0v) is 7.69. The van der Waals surface area contributed by atoms with Crippen LogP contribution >= 0.6 is 11.6 Å². The molecule has 0 aromatic rings. The summed E-state index contributed by atoms with van der Waals surface area (Å²) in [6, 6.07) is 0. The van der Waals surface area contributed by atoms with Crippen LogP contribution in [0, 0.1) is 5.41 Å². The van der Waals surface area contributed by atoms with Crippen LogP contribution in [-0.4, -0.2) is 11.7 Å². The Bertz CT molecular complexity index is 198. The van der Waals surface area contributed by atoms with Gasteiger partial charge in [0.25, 0.3) is 0 Å². The lowest BCUT2D eigenvalue weighted by atomic mass is 9.78. The van der Waals surface area contributed by atoms with Crippen molar-refractivity contribution in [1.29, 1.82) is 0 Å². The highest BCUT2D eigenvalue weighted by Gasteiger charge is 2.34. The smallest absolute Gasteiger partial charge is 0.127 e. The van der Waals surface area contributed by atoms with E-state index in [1.807, 2.05) is 6.92 Å². The molecule has 0 aromatic heterocycles. The van der Waals surface area contributed by atoms with Crippen molar-refractivity contribution in [2.24, 2.45) is 5.41 Å². The van der Waals surface area contributed by atoms with Crippen molar-refractivity contribution < 1.29 is 4.79 Å². The van der Waals surface area contributed by atoms with Gasteiger partial charge in [-0.05, 0) is 19.8 Å². The number of alkyl halides is 1. The summed E-state index contributed by atoms with van der Waals surface area (Å²) in [5, 5.41) is -0.0231. The highest BCUT2D eigenvalue weighted by Crippen LogP contribution is 2.36. The third-order valence-corrected chi connectivity index (χ3v) is 3.03. The van der Waals surface area contributed by atoms with Gasteiger partial charge in [0.05, 0.1) is 0 Å². The first kappa shape index (κ1) is 8.79. The molecule has 0 aromatic carbocycles. The second-order valence-electron chi connectivity index (χ2n) is 3.55. The minimum atomic E-state index is -0.332. The van der Waals surface area contributed by atoms with Crippen molar-refractivity contribution in [1.82, 2.24) is 0 Å². The summed E-state index contributed by atoms with van der Waals surface area (Å²) < 4.78 is 0. The van der Waals surface area contributed by atoms with Crippen LogP contribution in [0.1, 0.15) is 26.7 Å². The first-order valence-corrected chi connectivity index (χ1v) is 4.28. The van der Waals surface area contributed by atoms with Gasteiger partial charge in [0.15, 0.2) is 0 Å². The van der Waals surface area contributed by atoms with Crippen LogP contribution in [0.5, 0.6) is 0 Å². The molecule has 62 valence electrons. The van der Waals surface area contributed by atoms with Crippen molar-refractivity contribution in [3.05, 3.63) is 11.6 Å². The molecule has 0 heterocycles. The molecule has 0 unspecified atom stereocenters. The Balaban J connectivity index is 2.80. The van der Waals surface area contributed by atoms with Gasteiger partial charge >= 0.3 is 0 Å². The van der Waals surface area contributed by atoms with E-state index in [9.17, 15) is 4.79 Å². The molecule has 11 heavy (non-hydrogen) atoms. The molecule has 0 N–H and O–H groups in total. The molecular formula is C9H13ClO. The zero-order valence-electron chi connectivity index (χ0n) is 6.93. The first-order chi connectivity index (χ1) is 5.08. The van der Waals surface area contributed by atoms with E-state index in [4.69, 9.17) is 11.6 Å². The van der Waals surface area contributed by atoms with E-state index >= 15 is 0 Å². The standard InChI is InChI=1S/C9H13ClO/c1-7-3-4-9(2,6-11)8(10)5-7/h3,6,8H,4-5H2,1-2H3/t8-,9-/m1/s1. The van der Waals surface area contributed by atoms with Gasteiger partial charge in [-0.3, -0.25) is 0 Å². The Morgan fingerprint density at radius 1 is 1.82 bits per heavy atom. The molecule has 2 atom stereocenters. The molecule has 0 saturated carbocycles. The zero-order chi connectivity index (χ0) is 8.48. The number of allylic oxidation sites excluding steroid dienone is 2. The van der Waals surface area contributed by atoms with Crippen LogP contribution in [0.4, 0.5) is 0 Å². The molecule has 1 nitrogen and oxygen atoms in total. The van der Waals surface area contributed by atoms with Crippen LogP contribution in [-0.2, 0) is 4.79 Å². The van der Waals surface area contributed by atoms with E-state index in [0.29, 0.717) is 0 Å². The quantitative estimate of drug-likeness (QED) is 0.338. The van der Waals surface area contributed by atoms with Crippen molar-refractivity contribution in [3.8, 4) is 0 Å². The number of rotatable bonds is 1. The minimum Gasteiger partial charge on any atom is -0.303 e. The van der Waals surface area contributed by atoms with E-state index in [0.717, 1.165) is 19.1 Å². The number of halogens is 1. The Morgan fingerprint density at radius 2 is 2.45 bits per heavy atom. The second-order valence-corrected chi connectivity index (χ2v) is 4.08. The summed E-state index contributed by atoms with van der Waals surface area (Å²) in [5.41, 5.74) is 0.963. The predicted molar refractivity (Wildman–Crippen MR) is 46.8 cm³/mol. The Hall–Kier alpha value is -0.300. The molecule has 0 bridgehead atoms. The predicted octanol–water partition coefficient (Wildman–Crippen LogP) is 2.54. The number of hydrogen-bond acceptors (Lipinski definition) is 1. The molecule has 1 aliphatic carbocycles. The SMILES string of the molecule is CC1=CC[C@](C)(C=O)[C@H](Cl)C1. The summed E-state index contributed by atoms with van der Waals surface area (Å²) in [6.07, 6.45) is 4.72. The molecule has 1 aliphatic rings. The molecule has 1 rings (SSSR count). The largest absolute Gasteiger partial charge is 0.303 e. The average molecular weight is 173 g/mol. The molecule has 0 saturated heterocycles. The van der Waals surface area contributed by atoms with E-state index in [2.05, 4.69) is 13.0 Å². The molecular weight excluding hydrogens is 160 g/mol. The molecule has 2 heteroatoms. The highest BCUT2D eigenvalue weighted by atomic mass is 35.5. The minimum absolute atomic E-state index is 0.0231. The van der Waals surface area contributed by atoms with Crippen molar-refractivity contribution in [3.63, 3.8) is 0 Å². The van der Waals surface area contributed by atoms with Crippen molar-refractivity contribution in [2.75, 3.05) is 0 Å². The Labute approximate surface area is 72.4 Å². The van der Waals surface area contributed by atoms with Crippen LogP contribution in [0.25, 0.3) is 0 Å². The number of aldehydes is 1. The van der Waals surface area contributed by atoms with E-state index in [1.54, 1.807) is 0 Å². The Morgan fingerprint density at radius 3 is 2.91 bits per heavy atom. The number of carbonyl (C=O) groups excluding carboxylic acids is 1. The topological polar surface area (TPSA) is 17.1 Å². The fourth-order valence-electron chi connectivity index (χ4n) is 1.24. The third kappa shape index (κ3) is 1.64. The van der Waals surface area contributed by atoms with Crippen molar-refractivity contribution >= 4 is 17.9 Å². The highest BCUT2D eigenvalue weighted by molar-refractivity contribution is 6.22. The summed E-state index contributed by atoms with van der Waals surface area (Å²) in [6.45, 7) is 3.97. The van der Waals surface area contributed by atoms with Crippen LogP contribution in [0.3, 0.4) is 0 Å². The normalized spacial score (nSPS) is 38.1. The third-order valence-electron chi connectivity index (χ3n) is 2.38. The first-order valence-electron chi connectivity index (χ1n) is 3.84. The van der Waals surface area contributed by atoms with E-state index < -0.39 is 0 Å². The maximum atomic E-state index is 10.7. The van der Waals surface area contributed by atoms with Crippen LogP contribution in [0.2, 0.25) is 0 Å². The molecule has 0 fully saturated rings. The van der Waals surface area contributed by atoms with E-state index in [-0.39, 0.29) is 10.8 Å². The summed E-state index contributed by atoms with van der Waals surface area (Å²) >= 11 is 6.05. The average Bonchev–Trinajstić information content (AvgIpc) is 1.98. The number of carbonyl (C=O) groups is 1. The Kier molecular flexibility index (Phi) is 2.38. The lowest BCUT2D eigenvalue weighted by Crippen LogP contribution is -2.32. The van der Waals surface area contributed by atoms with Crippen molar-refractivity contribution in [2.45, 2.75) is 32.1 Å². The lowest BCUT2D eigenvalue weighted by molar-refractivity contribution is -0.115. The molecule has 0 spiro atoms. The summed E-state index contributed by atoms with van der Waals surface area (Å²) in [7, 11) is 0. The molecule has 0 aliphatic heterocycles. The monoisotopic (exact) mass is 172 g/mol. The van der Waals surface area contributed by atoms with Gasteiger partial charge in [-0.15, -0.1) is 11.6 Å². The summed E-state index contributed by atoms with van der Waals surface area (Å²) in [4.78, 5) is 10.7. The van der Waals surface area contributed by atoms with Crippen LogP contribution < -0.4 is 0 Å². The fourth-order valence-corrected chi connectivity index (χ4v) is 1.63. The van der Waals surface area contributed by atoms with Gasteiger partial charge in [0.2, 0.25) is 0 Å². The number of hydrogen-bond donors (Lipinski definition) is 0. The maximum Gasteiger partial charge on any atom is 0.127 e. The maximum absolute atomic E-state index is 10.7. The van der Waals surface area contributed by atoms with Gasteiger partial charge in [0.1, 0.15) is 6.29 Å². The van der Waals surface area contributed by atoms with E-state index in [1.165, 1.54) is 5.57 Å². The van der Waals surface area contributed by atoms with Gasteiger partial charge in [-0.2, -0.15) is 0 Å². The molecule has 0 radical (unpaired) electrons.